The number of aryl methyl sites for hydroxylation is 1. The molecule has 0 amide bonds. The molecule has 1 aromatic carbocycles. The van der Waals surface area contributed by atoms with Crippen LogP contribution in [0.2, 0.25) is 0 Å². The van der Waals surface area contributed by atoms with E-state index in [-0.39, 0.29) is 13.0 Å². The molecule has 96 valence electrons. The van der Waals surface area contributed by atoms with Gasteiger partial charge in [-0.25, -0.2) is 9.59 Å². The van der Waals surface area contributed by atoms with Crippen LogP contribution in [-0.2, 0) is 9.53 Å². The molecule has 0 radical (unpaired) electrons. The molecule has 0 saturated carbocycles. The maximum absolute atomic E-state index is 11.6. The monoisotopic (exact) mass is 250 g/mol. The first-order valence-corrected chi connectivity index (χ1v) is 5.25. The average molecular weight is 250 g/mol. The first-order chi connectivity index (χ1) is 8.40. The normalized spacial score (nSPS) is 9.83. The maximum atomic E-state index is 11.6. The summed E-state index contributed by atoms with van der Waals surface area (Å²) in [6.45, 7) is 1.66. The summed E-state index contributed by atoms with van der Waals surface area (Å²) in [5.41, 5.74) is 6.71. The van der Waals surface area contributed by atoms with Gasteiger partial charge in [-0.1, -0.05) is 0 Å². The van der Waals surface area contributed by atoms with Crippen molar-refractivity contribution in [1.82, 2.24) is 0 Å². The molecule has 0 aromatic heterocycles. The Hall–Kier alpha value is -2.37. The lowest BCUT2D eigenvalue weighted by molar-refractivity contribution is -0.129. The molecule has 1 rings (SSSR count). The molecule has 1 aromatic rings. The van der Waals surface area contributed by atoms with Crippen LogP contribution >= 0.6 is 0 Å². The van der Waals surface area contributed by atoms with Crippen LogP contribution in [0.1, 0.15) is 22.3 Å². The van der Waals surface area contributed by atoms with Gasteiger partial charge in [0.15, 0.2) is 0 Å². The smallest absolute Gasteiger partial charge is 0.349 e. The van der Waals surface area contributed by atoms with E-state index in [0.29, 0.717) is 11.3 Å². The molecule has 0 heterocycles. The fourth-order valence-electron chi connectivity index (χ4n) is 1.37. The van der Waals surface area contributed by atoms with E-state index in [4.69, 9.17) is 21.0 Å². The minimum absolute atomic E-state index is 0.123. The topological polar surface area (TPSA) is 113 Å². The minimum atomic E-state index is -1.31. The van der Waals surface area contributed by atoms with Gasteiger partial charge in [0.1, 0.15) is 5.71 Å². The van der Waals surface area contributed by atoms with Crippen LogP contribution in [0.4, 0.5) is 5.69 Å². The largest absolute Gasteiger partial charge is 0.477 e. The molecular weight excluding hydrogens is 236 g/mol. The van der Waals surface area contributed by atoms with Gasteiger partial charge in [-0.3, -0.25) is 5.41 Å². The number of nitrogens with two attached hydrogens (primary N) is 1. The van der Waals surface area contributed by atoms with Crippen LogP contribution in [0.5, 0.6) is 0 Å². The number of carboxylic acids is 1. The highest BCUT2D eigenvalue weighted by Gasteiger charge is 2.11. The van der Waals surface area contributed by atoms with E-state index in [1.165, 1.54) is 6.07 Å². The molecule has 0 aliphatic rings. The molecule has 0 bridgehead atoms. The molecule has 0 fully saturated rings. The van der Waals surface area contributed by atoms with Crippen LogP contribution in [-0.4, -0.2) is 29.4 Å². The van der Waals surface area contributed by atoms with E-state index in [0.717, 1.165) is 5.56 Å². The molecular formula is C12H14N2O4. The molecule has 0 aliphatic heterocycles. The zero-order valence-electron chi connectivity index (χ0n) is 9.90. The minimum Gasteiger partial charge on any atom is -0.477 e. The lowest BCUT2D eigenvalue weighted by Crippen LogP contribution is -2.16. The zero-order valence-corrected chi connectivity index (χ0v) is 9.90. The second-order valence-electron chi connectivity index (χ2n) is 3.80. The van der Waals surface area contributed by atoms with Gasteiger partial charge in [-0.15, -0.1) is 0 Å². The summed E-state index contributed by atoms with van der Waals surface area (Å²) >= 11 is 0. The second-order valence-corrected chi connectivity index (χ2v) is 3.80. The summed E-state index contributed by atoms with van der Waals surface area (Å²) in [4.78, 5) is 22.0. The van der Waals surface area contributed by atoms with E-state index in [9.17, 15) is 9.59 Å². The summed E-state index contributed by atoms with van der Waals surface area (Å²) in [6.07, 6.45) is -0.123. The zero-order chi connectivity index (χ0) is 13.7. The van der Waals surface area contributed by atoms with Gasteiger partial charge < -0.3 is 15.6 Å². The molecule has 0 atom stereocenters. The van der Waals surface area contributed by atoms with Gasteiger partial charge in [-0.2, -0.15) is 0 Å². The Balaban J connectivity index is 2.55. The third-order valence-electron chi connectivity index (χ3n) is 2.18. The number of rotatable bonds is 5. The highest BCUT2D eigenvalue weighted by molar-refractivity contribution is 6.34. The molecule has 0 unspecified atom stereocenters. The quantitative estimate of drug-likeness (QED) is 0.413. The van der Waals surface area contributed by atoms with Gasteiger partial charge in [0.2, 0.25) is 0 Å². The van der Waals surface area contributed by atoms with Gasteiger partial charge in [0.05, 0.1) is 12.2 Å². The fourth-order valence-corrected chi connectivity index (χ4v) is 1.37. The van der Waals surface area contributed by atoms with Crippen molar-refractivity contribution in [3.63, 3.8) is 0 Å². The Morgan fingerprint density at radius 2 is 2.06 bits per heavy atom. The van der Waals surface area contributed by atoms with Crippen LogP contribution in [0.3, 0.4) is 0 Å². The van der Waals surface area contributed by atoms with E-state index >= 15 is 0 Å². The number of benzene rings is 1. The molecule has 0 spiro atoms. The molecule has 6 heteroatoms. The number of anilines is 1. The molecule has 6 nitrogen and oxygen atoms in total. The first-order valence-electron chi connectivity index (χ1n) is 5.25. The first kappa shape index (κ1) is 13.7. The number of nitrogens with one attached hydrogen (secondary N) is 1. The molecule has 0 aliphatic carbocycles. The number of nitrogen functional groups attached to an aromatic ring is 1. The van der Waals surface area contributed by atoms with Crippen LogP contribution in [0, 0.1) is 12.3 Å². The number of ether oxygens (including phenoxy) is 1. The van der Waals surface area contributed by atoms with Crippen molar-refractivity contribution in [2.24, 2.45) is 0 Å². The number of carboxylic acid groups (broad SMARTS) is 1. The molecule has 0 saturated heterocycles. The number of esters is 1. The van der Waals surface area contributed by atoms with Gasteiger partial charge in [-0.05, 0) is 30.7 Å². The number of hydrogen-bond donors (Lipinski definition) is 3. The van der Waals surface area contributed by atoms with E-state index in [1.807, 2.05) is 0 Å². The average Bonchev–Trinajstić information content (AvgIpc) is 2.27. The lowest BCUT2D eigenvalue weighted by atomic mass is 10.1. The van der Waals surface area contributed by atoms with Crippen LogP contribution < -0.4 is 5.73 Å². The SMILES string of the molecule is Cc1cc(N)cc(C(=O)OCCC(=N)C(=O)O)c1. The van der Waals surface area contributed by atoms with E-state index in [1.54, 1.807) is 19.1 Å². The Morgan fingerprint density at radius 3 is 2.61 bits per heavy atom. The van der Waals surface area contributed by atoms with Gasteiger partial charge in [0, 0.05) is 12.1 Å². The summed E-state index contributed by atoms with van der Waals surface area (Å²) in [6, 6.07) is 4.83. The van der Waals surface area contributed by atoms with Crippen molar-refractivity contribution in [2.45, 2.75) is 13.3 Å². The van der Waals surface area contributed by atoms with E-state index < -0.39 is 17.7 Å². The Kier molecular flexibility index (Phi) is 4.42. The van der Waals surface area contributed by atoms with Gasteiger partial charge >= 0.3 is 11.9 Å². The van der Waals surface area contributed by atoms with Crippen LogP contribution in [0.25, 0.3) is 0 Å². The van der Waals surface area contributed by atoms with Crippen molar-refractivity contribution in [1.29, 1.82) is 5.41 Å². The predicted octanol–water partition coefficient (Wildman–Crippen LogP) is 1.23. The third kappa shape index (κ3) is 3.89. The summed E-state index contributed by atoms with van der Waals surface area (Å²) in [5.74, 6) is -1.89. The fraction of sp³-hybridized carbons (Fsp3) is 0.250. The number of aliphatic carboxylic acids is 1. The summed E-state index contributed by atoms with van der Waals surface area (Å²) in [7, 11) is 0. The number of hydrogen-bond acceptors (Lipinski definition) is 5. The Morgan fingerprint density at radius 1 is 1.39 bits per heavy atom. The standard InChI is InChI=1S/C12H14N2O4/c1-7-4-8(6-9(13)5-7)12(17)18-3-2-10(14)11(15)16/h4-6,14H,2-3,13H2,1H3,(H,15,16). The van der Waals surface area contributed by atoms with Crippen molar-refractivity contribution in [2.75, 3.05) is 12.3 Å². The number of carbonyl (C=O) groups is 2. The highest BCUT2D eigenvalue weighted by Crippen LogP contribution is 2.12. The molecule has 4 N–H and O–H groups in total. The van der Waals surface area contributed by atoms with Crippen LogP contribution in [0.15, 0.2) is 18.2 Å². The summed E-state index contributed by atoms with van der Waals surface area (Å²) < 4.78 is 4.86. The number of carbonyl (C=O) groups excluding carboxylic acids is 1. The van der Waals surface area contributed by atoms with Crippen molar-refractivity contribution in [3.05, 3.63) is 29.3 Å². The lowest BCUT2D eigenvalue weighted by Gasteiger charge is -2.06. The third-order valence-corrected chi connectivity index (χ3v) is 2.18. The van der Waals surface area contributed by atoms with Crippen molar-refractivity contribution in [3.8, 4) is 0 Å². The summed E-state index contributed by atoms with van der Waals surface area (Å²) in [5, 5.41) is 15.5. The highest BCUT2D eigenvalue weighted by atomic mass is 16.5. The van der Waals surface area contributed by atoms with Crippen molar-refractivity contribution >= 4 is 23.3 Å². The van der Waals surface area contributed by atoms with Gasteiger partial charge in [0.25, 0.3) is 0 Å². The Labute approximate surface area is 104 Å². The second kappa shape index (κ2) is 5.81. The van der Waals surface area contributed by atoms with E-state index in [2.05, 4.69) is 0 Å². The molecule has 18 heavy (non-hydrogen) atoms. The Bertz CT molecular complexity index is 477. The van der Waals surface area contributed by atoms with Crippen molar-refractivity contribution < 1.29 is 19.4 Å². The maximum Gasteiger partial charge on any atom is 0.349 e. The predicted molar refractivity (Wildman–Crippen MR) is 65.9 cm³/mol.